The van der Waals surface area contributed by atoms with Crippen molar-refractivity contribution in [2.75, 3.05) is 0 Å². The van der Waals surface area contributed by atoms with E-state index in [0.717, 1.165) is 32.7 Å². The van der Waals surface area contributed by atoms with Gasteiger partial charge in [0.25, 0.3) is 20.2 Å². The van der Waals surface area contributed by atoms with Gasteiger partial charge in [-0.3, -0.25) is 0 Å². The van der Waals surface area contributed by atoms with E-state index in [1.54, 1.807) is 30.3 Å². The summed E-state index contributed by atoms with van der Waals surface area (Å²) in [7, 11) is -1.58. The highest BCUT2D eigenvalue weighted by Gasteiger charge is 2.12. The van der Waals surface area contributed by atoms with Crippen molar-refractivity contribution in [2.24, 2.45) is 0 Å². The van der Waals surface area contributed by atoms with Crippen LogP contribution in [0.3, 0.4) is 0 Å². The quantitative estimate of drug-likeness (QED) is 0.279. The molecule has 10 heteroatoms. The normalized spacial score (nSPS) is 12.9. The van der Waals surface area contributed by atoms with Crippen molar-refractivity contribution >= 4 is 41.8 Å². The average Bonchev–Trinajstić information content (AvgIpc) is 2.66. The highest BCUT2D eigenvalue weighted by Crippen LogP contribution is 2.26. The average molecular weight is 453 g/mol. The lowest BCUT2D eigenvalue weighted by atomic mass is 10.2. The Labute approximate surface area is 175 Å². The van der Waals surface area contributed by atoms with E-state index in [1.807, 2.05) is 38.1 Å². The minimum atomic E-state index is -1.71. The first kappa shape index (κ1) is 20.8. The number of hydrogen-bond donors (Lipinski definition) is 0. The van der Waals surface area contributed by atoms with Gasteiger partial charge in [0, 0.05) is 17.0 Å². The zero-order chi connectivity index (χ0) is 19.9. The van der Waals surface area contributed by atoms with E-state index in [-0.39, 0.29) is 5.16 Å². The first-order valence-electron chi connectivity index (χ1n) is 8.01. The van der Waals surface area contributed by atoms with Crippen LogP contribution < -0.4 is 8.37 Å². The van der Waals surface area contributed by atoms with Crippen LogP contribution in [0.2, 0.25) is 0 Å². The molecule has 0 amide bonds. The van der Waals surface area contributed by atoms with Crippen LogP contribution in [-0.4, -0.2) is 18.4 Å². The molecule has 0 aliphatic carbocycles. The number of aryl methyl sites for hydroxylation is 2. The topological polar surface area (TPSA) is 78.4 Å². The van der Waals surface area contributed by atoms with E-state index in [2.05, 4.69) is 9.97 Å². The molecule has 0 saturated carbocycles. The maximum Gasteiger partial charge on any atom is 0.279 e. The fourth-order valence-electron chi connectivity index (χ4n) is 1.92. The molecule has 0 aliphatic heterocycles. The van der Waals surface area contributed by atoms with Crippen molar-refractivity contribution in [2.45, 2.75) is 24.0 Å². The maximum atomic E-state index is 12.2. The summed E-state index contributed by atoms with van der Waals surface area (Å²) < 4.78 is 35.0. The van der Waals surface area contributed by atoms with Crippen LogP contribution in [-0.2, 0) is 20.2 Å². The van der Waals surface area contributed by atoms with Gasteiger partial charge in [-0.05, 0) is 44.2 Å². The van der Waals surface area contributed by atoms with Gasteiger partial charge >= 0.3 is 0 Å². The van der Waals surface area contributed by atoms with Gasteiger partial charge in [0.2, 0.25) is 5.16 Å². The fourth-order valence-corrected chi connectivity index (χ4v) is 5.30. The summed E-state index contributed by atoms with van der Waals surface area (Å²) in [4.78, 5) is 8.29. The minimum absolute atomic E-state index is 0.253. The molecule has 146 valence electrons. The molecule has 2 aromatic carbocycles. The lowest BCUT2D eigenvalue weighted by Crippen LogP contribution is -1.99. The Balaban J connectivity index is 1.57. The molecular weight excluding hydrogens is 436 g/mol. The van der Waals surface area contributed by atoms with Crippen LogP contribution in [0.15, 0.2) is 71.0 Å². The monoisotopic (exact) mass is 452 g/mol. The lowest BCUT2D eigenvalue weighted by Gasteiger charge is -2.05. The third-order valence-electron chi connectivity index (χ3n) is 3.27. The minimum Gasteiger partial charge on any atom is -0.392 e. The summed E-state index contributed by atoms with van der Waals surface area (Å²) in [6, 6.07) is 16.1. The smallest absolute Gasteiger partial charge is 0.279 e. The molecule has 2 unspecified atom stereocenters. The molecule has 6 nitrogen and oxygen atoms in total. The van der Waals surface area contributed by atoms with Gasteiger partial charge in [0.05, 0.1) is 10.8 Å². The molecular formula is C18H16N2O4S4. The van der Waals surface area contributed by atoms with Crippen molar-refractivity contribution in [1.82, 2.24) is 9.97 Å². The molecule has 0 saturated heterocycles. The Bertz CT molecular complexity index is 905. The zero-order valence-electron chi connectivity index (χ0n) is 14.9. The van der Waals surface area contributed by atoms with Gasteiger partial charge in [0.1, 0.15) is 16.5 Å². The highest BCUT2D eigenvalue weighted by molar-refractivity contribution is 8.68. The summed E-state index contributed by atoms with van der Waals surface area (Å²) in [5, 5.41) is 0.693. The third kappa shape index (κ3) is 6.62. The first-order chi connectivity index (χ1) is 13.5. The van der Waals surface area contributed by atoms with Crippen molar-refractivity contribution in [1.29, 1.82) is 0 Å². The second-order valence-corrected chi connectivity index (χ2v) is 10.4. The number of benzene rings is 2. The van der Waals surface area contributed by atoms with Gasteiger partial charge in [-0.25, -0.2) is 18.4 Å². The van der Waals surface area contributed by atoms with Crippen LogP contribution >= 0.6 is 21.6 Å². The SMILES string of the molecule is Cc1ccc(OS(=O)Sc2ccnc(SS(=O)Oc3ccc(C)cc3)n2)cc1. The highest BCUT2D eigenvalue weighted by atomic mass is 33.1. The van der Waals surface area contributed by atoms with Gasteiger partial charge in [-0.15, -0.1) is 0 Å². The summed E-state index contributed by atoms with van der Waals surface area (Å²) in [6.07, 6.45) is 1.50. The van der Waals surface area contributed by atoms with E-state index in [4.69, 9.17) is 8.37 Å². The number of rotatable bonds is 8. The Morgan fingerprint density at radius 2 is 1.25 bits per heavy atom. The van der Waals surface area contributed by atoms with E-state index in [1.165, 1.54) is 6.20 Å². The molecule has 0 radical (unpaired) electrons. The molecule has 3 aromatic rings. The number of aromatic nitrogens is 2. The van der Waals surface area contributed by atoms with Gasteiger partial charge in [0.15, 0.2) is 0 Å². The summed E-state index contributed by atoms with van der Waals surface area (Å²) in [6.45, 7) is 3.92. The van der Waals surface area contributed by atoms with Crippen LogP contribution in [0, 0.1) is 13.8 Å². The lowest BCUT2D eigenvalue weighted by molar-refractivity contribution is 0.576. The van der Waals surface area contributed by atoms with E-state index in [0.29, 0.717) is 16.5 Å². The predicted octanol–water partition coefficient (Wildman–Crippen LogP) is 4.59. The van der Waals surface area contributed by atoms with Gasteiger partial charge < -0.3 is 8.37 Å². The van der Waals surface area contributed by atoms with E-state index >= 15 is 0 Å². The molecule has 28 heavy (non-hydrogen) atoms. The van der Waals surface area contributed by atoms with Crippen molar-refractivity contribution in [3.05, 3.63) is 71.9 Å². The van der Waals surface area contributed by atoms with Crippen molar-refractivity contribution < 1.29 is 16.8 Å². The van der Waals surface area contributed by atoms with Crippen LogP contribution in [0.1, 0.15) is 11.1 Å². The molecule has 0 N–H and O–H groups in total. The Morgan fingerprint density at radius 3 is 1.79 bits per heavy atom. The third-order valence-corrected chi connectivity index (χ3v) is 7.13. The molecule has 0 bridgehead atoms. The molecule has 0 aliphatic rings. The fraction of sp³-hybridized carbons (Fsp3) is 0.111. The molecule has 2 atom stereocenters. The van der Waals surface area contributed by atoms with E-state index in [9.17, 15) is 8.42 Å². The maximum absolute atomic E-state index is 12.2. The van der Waals surface area contributed by atoms with E-state index < -0.39 is 20.2 Å². The largest absolute Gasteiger partial charge is 0.392 e. The molecule has 3 rings (SSSR count). The van der Waals surface area contributed by atoms with Crippen LogP contribution in [0.25, 0.3) is 0 Å². The molecule has 0 fully saturated rings. The molecule has 0 spiro atoms. The Kier molecular flexibility index (Phi) is 7.49. The van der Waals surface area contributed by atoms with Crippen molar-refractivity contribution in [3.63, 3.8) is 0 Å². The molecule has 1 aromatic heterocycles. The second kappa shape index (κ2) is 10.1. The van der Waals surface area contributed by atoms with Gasteiger partial charge in [-0.1, -0.05) is 35.4 Å². The second-order valence-electron chi connectivity index (χ2n) is 5.55. The predicted molar refractivity (Wildman–Crippen MR) is 114 cm³/mol. The van der Waals surface area contributed by atoms with Crippen molar-refractivity contribution in [3.8, 4) is 11.5 Å². The van der Waals surface area contributed by atoms with Crippen LogP contribution in [0.4, 0.5) is 0 Å². The number of hydrogen-bond acceptors (Lipinski definition) is 8. The number of nitrogens with zero attached hydrogens (tertiary/aromatic N) is 2. The summed E-state index contributed by atoms with van der Waals surface area (Å²) in [5.41, 5.74) is 2.17. The summed E-state index contributed by atoms with van der Waals surface area (Å²) >= 11 is 0. The molecule has 1 heterocycles. The van der Waals surface area contributed by atoms with Crippen LogP contribution in [0.5, 0.6) is 11.5 Å². The standard InChI is InChI=1S/C18H16N2O4S4/c1-13-3-7-15(8-4-13)23-27(21)25-17-11-12-19-18(20-17)26-28(22)24-16-9-5-14(2)6-10-16/h3-12H,1-2H3. The first-order valence-corrected chi connectivity index (χ1v) is 12.8. The Hall–Kier alpha value is -1.88. The van der Waals surface area contributed by atoms with Gasteiger partial charge in [-0.2, -0.15) is 0 Å². The Morgan fingerprint density at radius 1 is 0.750 bits per heavy atom. The summed E-state index contributed by atoms with van der Waals surface area (Å²) in [5.74, 6) is 1.00. The zero-order valence-corrected chi connectivity index (χ0v) is 18.2.